The highest BCUT2D eigenvalue weighted by atomic mass is 32.2. The SMILES string of the molecule is O=C(CN[C@@H](c1ccccc1)c1ccco1)N(C1CCCC1)[C@H]1CCS(=O)(=O)C1. The first kappa shape index (κ1) is 20.2. The second-order valence-electron chi connectivity index (χ2n) is 8.04. The van der Waals surface area contributed by atoms with E-state index in [1.807, 2.05) is 47.4 Å². The van der Waals surface area contributed by atoms with E-state index in [-0.39, 0.29) is 42.1 Å². The lowest BCUT2D eigenvalue weighted by Crippen LogP contribution is -2.50. The minimum absolute atomic E-state index is 0.0218. The van der Waals surface area contributed by atoms with Crippen LogP contribution in [0.2, 0.25) is 0 Å². The van der Waals surface area contributed by atoms with Gasteiger partial charge in [-0.25, -0.2) is 8.42 Å². The van der Waals surface area contributed by atoms with Crippen LogP contribution in [0.1, 0.15) is 49.5 Å². The molecule has 1 aliphatic heterocycles. The normalized spacial score (nSPS) is 22.6. The fourth-order valence-electron chi connectivity index (χ4n) is 4.65. The first-order chi connectivity index (χ1) is 14.0. The van der Waals surface area contributed by atoms with Gasteiger partial charge in [-0.3, -0.25) is 10.1 Å². The second kappa shape index (κ2) is 8.71. The zero-order valence-corrected chi connectivity index (χ0v) is 17.3. The molecule has 0 radical (unpaired) electrons. The molecular formula is C22H28N2O4S. The third kappa shape index (κ3) is 4.73. The van der Waals surface area contributed by atoms with Gasteiger partial charge in [-0.15, -0.1) is 0 Å². The maximum atomic E-state index is 13.3. The molecule has 1 amide bonds. The summed E-state index contributed by atoms with van der Waals surface area (Å²) in [6.07, 6.45) is 6.29. The molecule has 1 saturated heterocycles. The molecule has 7 heteroatoms. The van der Waals surface area contributed by atoms with Gasteiger partial charge in [0.2, 0.25) is 5.91 Å². The first-order valence-corrected chi connectivity index (χ1v) is 12.2. The van der Waals surface area contributed by atoms with E-state index in [0.717, 1.165) is 37.0 Å². The predicted octanol–water partition coefficient (Wildman–Crippen LogP) is 2.92. The summed E-state index contributed by atoms with van der Waals surface area (Å²) in [5.74, 6) is 1.00. The third-order valence-electron chi connectivity index (χ3n) is 6.03. The lowest BCUT2D eigenvalue weighted by molar-refractivity contribution is -0.134. The molecule has 6 nitrogen and oxygen atoms in total. The minimum Gasteiger partial charge on any atom is -0.467 e. The van der Waals surface area contributed by atoms with E-state index in [0.29, 0.717) is 6.42 Å². The van der Waals surface area contributed by atoms with Crippen LogP contribution < -0.4 is 5.32 Å². The van der Waals surface area contributed by atoms with Gasteiger partial charge in [-0.2, -0.15) is 0 Å². The Hall–Kier alpha value is -2.12. The number of furan rings is 1. The molecule has 2 aromatic rings. The first-order valence-electron chi connectivity index (χ1n) is 10.4. The summed E-state index contributed by atoms with van der Waals surface area (Å²) >= 11 is 0. The van der Waals surface area contributed by atoms with E-state index in [2.05, 4.69) is 5.32 Å². The molecule has 0 bridgehead atoms. The zero-order chi connectivity index (χ0) is 20.3. The van der Waals surface area contributed by atoms with Gasteiger partial charge in [0.15, 0.2) is 9.84 Å². The zero-order valence-electron chi connectivity index (χ0n) is 16.5. The van der Waals surface area contributed by atoms with Crippen LogP contribution in [0.5, 0.6) is 0 Å². The fourth-order valence-corrected chi connectivity index (χ4v) is 6.36. The van der Waals surface area contributed by atoms with E-state index in [1.54, 1.807) is 6.26 Å². The molecule has 2 atom stereocenters. The molecule has 2 heterocycles. The monoisotopic (exact) mass is 416 g/mol. The summed E-state index contributed by atoms with van der Waals surface area (Å²) in [6.45, 7) is 0.146. The van der Waals surface area contributed by atoms with Gasteiger partial charge in [0, 0.05) is 12.1 Å². The Kier molecular flexibility index (Phi) is 6.06. The summed E-state index contributed by atoms with van der Waals surface area (Å²) in [4.78, 5) is 15.2. The lowest BCUT2D eigenvalue weighted by atomic mass is 10.0. The van der Waals surface area contributed by atoms with Crippen molar-refractivity contribution in [3.63, 3.8) is 0 Å². The largest absolute Gasteiger partial charge is 0.467 e. The Bertz CT molecular complexity index is 906. The van der Waals surface area contributed by atoms with Crippen molar-refractivity contribution >= 4 is 15.7 Å². The number of amides is 1. The van der Waals surface area contributed by atoms with Gasteiger partial charge in [-0.05, 0) is 37.0 Å². The standard InChI is InChI=1S/C22H28N2O4S/c25-21(24(18-9-4-5-10-18)19-12-14-29(26,27)16-19)15-23-22(20-11-6-13-28-20)17-7-2-1-3-8-17/h1-3,6-8,11,13,18-19,22-23H,4-5,9-10,12,14-16H2/t19-,22-/m0/s1. The molecule has 1 aromatic carbocycles. The van der Waals surface area contributed by atoms with Crippen molar-refractivity contribution in [1.29, 1.82) is 0 Å². The second-order valence-corrected chi connectivity index (χ2v) is 10.3. The van der Waals surface area contributed by atoms with Crippen LogP contribution >= 0.6 is 0 Å². The summed E-state index contributed by atoms with van der Waals surface area (Å²) in [5, 5.41) is 3.35. The highest BCUT2D eigenvalue weighted by Crippen LogP contribution is 2.29. The molecule has 29 heavy (non-hydrogen) atoms. The van der Waals surface area contributed by atoms with Gasteiger partial charge in [0.1, 0.15) is 5.76 Å². The molecule has 1 N–H and O–H groups in total. The molecule has 1 aromatic heterocycles. The Labute approximate surface area is 172 Å². The molecule has 2 fully saturated rings. The number of sulfone groups is 1. The van der Waals surface area contributed by atoms with Crippen LogP contribution in [-0.4, -0.2) is 49.4 Å². The molecule has 4 rings (SSSR count). The number of hydrogen-bond acceptors (Lipinski definition) is 5. The van der Waals surface area contributed by atoms with Crippen LogP contribution in [0.4, 0.5) is 0 Å². The van der Waals surface area contributed by atoms with Gasteiger partial charge in [0.05, 0.1) is 30.4 Å². The van der Waals surface area contributed by atoms with Crippen molar-refractivity contribution < 1.29 is 17.6 Å². The molecule has 0 unspecified atom stereocenters. The van der Waals surface area contributed by atoms with Crippen LogP contribution in [0, 0.1) is 0 Å². The maximum absolute atomic E-state index is 13.3. The average molecular weight is 417 g/mol. The summed E-state index contributed by atoms with van der Waals surface area (Å²) < 4.78 is 29.6. The number of rotatable bonds is 7. The van der Waals surface area contributed by atoms with E-state index in [9.17, 15) is 13.2 Å². The van der Waals surface area contributed by atoms with Gasteiger partial charge in [0.25, 0.3) is 0 Å². The minimum atomic E-state index is -3.04. The molecule has 1 aliphatic carbocycles. The number of nitrogens with zero attached hydrogens (tertiary/aromatic N) is 1. The van der Waals surface area contributed by atoms with Gasteiger partial charge < -0.3 is 9.32 Å². The van der Waals surface area contributed by atoms with Crippen molar-refractivity contribution in [3.05, 3.63) is 60.1 Å². The van der Waals surface area contributed by atoms with Crippen LogP contribution in [0.3, 0.4) is 0 Å². The van der Waals surface area contributed by atoms with Crippen molar-refractivity contribution in [2.45, 2.75) is 50.2 Å². The Balaban J connectivity index is 1.50. The Morgan fingerprint density at radius 2 is 1.83 bits per heavy atom. The average Bonchev–Trinajstić information content (AvgIpc) is 3.46. The van der Waals surface area contributed by atoms with Crippen molar-refractivity contribution in [2.24, 2.45) is 0 Å². The smallest absolute Gasteiger partial charge is 0.237 e. The molecule has 0 spiro atoms. The summed E-state index contributed by atoms with van der Waals surface area (Å²) in [7, 11) is -3.04. The van der Waals surface area contributed by atoms with Crippen LogP contribution in [0.25, 0.3) is 0 Å². The van der Waals surface area contributed by atoms with E-state index in [4.69, 9.17) is 4.42 Å². The van der Waals surface area contributed by atoms with Gasteiger partial charge in [-0.1, -0.05) is 43.2 Å². The highest BCUT2D eigenvalue weighted by molar-refractivity contribution is 7.91. The number of benzene rings is 1. The van der Waals surface area contributed by atoms with Crippen LogP contribution in [-0.2, 0) is 14.6 Å². The summed E-state index contributed by atoms with van der Waals surface area (Å²) in [6, 6.07) is 13.3. The quantitative estimate of drug-likeness (QED) is 0.751. The highest BCUT2D eigenvalue weighted by Gasteiger charge is 2.39. The molecule has 2 aliphatic rings. The maximum Gasteiger partial charge on any atom is 0.237 e. The number of carbonyl (C=O) groups excluding carboxylic acids is 1. The topological polar surface area (TPSA) is 79.6 Å². The summed E-state index contributed by atoms with van der Waals surface area (Å²) in [5.41, 5.74) is 1.02. The van der Waals surface area contributed by atoms with Crippen molar-refractivity contribution in [2.75, 3.05) is 18.1 Å². The lowest BCUT2D eigenvalue weighted by Gasteiger charge is -2.34. The fraction of sp³-hybridized carbons (Fsp3) is 0.500. The number of hydrogen-bond donors (Lipinski definition) is 1. The third-order valence-corrected chi connectivity index (χ3v) is 7.78. The Morgan fingerprint density at radius 1 is 1.07 bits per heavy atom. The van der Waals surface area contributed by atoms with Crippen LogP contribution in [0.15, 0.2) is 53.1 Å². The molecule has 156 valence electrons. The van der Waals surface area contributed by atoms with E-state index < -0.39 is 9.84 Å². The Morgan fingerprint density at radius 3 is 2.45 bits per heavy atom. The number of carbonyl (C=O) groups is 1. The molecular weight excluding hydrogens is 388 g/mol. The predicted molar refractivity (Wildman–Crippen MR) is 111 cm³/mol. The van der Waals surface area contributed by atoms with Crippen molar-refractivity contribution in [1.82, 2.24) is 10.2 Å². The van der Waals surface area contributed by atoms with E-state index >= 15 is 0 Å². The molecule has 1 saturated carbocycles. The van der Waals surface area contributed by atoms with Gasteiger partial charge >= 0.3 is 0 Å². The van der Waals surface area contributed by atoms with E-state index in [1.165, 1.54) is 0 Å². The van der Waals surface area contributed by atoms with Crippen molar-refractivity contribution in [3.8, 4) is 0 Å². The number of nitrogens with one attached hydrogen (secondary N) is 1.